The third-order valence-corrected chi connectivity index (χ3v) is 6.91. The quantitative estimate of drug-likeness (QED) is 0.462. The molecule has 0 saturated carbocycles. The molecule has 6 heteroatoms. The molecule has 0 atom stereocenters. The molecule has 0 aliphatic rings. The zero-order valence-electron chi connectivity index (χ0n) is 9.01. The van der Waals surface area contributed by atoms with Crippen LogP contribution in [0.5, 0.6) is 0 Å². The van der Waals surface area contributed by atoms with Crippen LogP contribution in [0.2, 0.25) is 0 Å². The summed E-state index contributed by atoms with van der Waals surface area (Å²) >= 11 is 4.34. The third kappa shape index (κ3) is 3.84. The minimum absolute atomic E-state index is 0.339. The van der Waals surface area contributed by atoms with Crippen molar-refractivity contribution in [2.45, 2.75) is 9.79 Å². The Labute approximate surface area is 137 Å². The number of benzene rings is 2. The van der Waals surface area contributed by atoms with Crippen LogP contribution in [-0.4, -0.2) is 8.42 Å². The van der Waals surface area contributed by atoms with E-state index in [-0.39, 0.29) is 0 Å². The van der Waals surface area contributed by atoms with E-state index in [2.05, 4.69) is 45.2 Å². The Morgan fingerprint density at radius 1 is 0.778 bits per heavy atom. The van der Waals surface area contributed by atoms with E-state index in [4.69, 9.17) is 0 Å². The van der Waals surface area contributed by atoms with Gasteiger partial charge in [-0.1, -0.05) is 0 Å². The van der Waals surface area contributed by atoms with Gasteiger partial charge in [-0.05, 0) is 93.7 Å². The number of hydrogen-bond acceptors (Lipinski definition) is 3. The van der Waals surface area contributed by atoms with E-state index >= 15 is 0 Å². The summed E-state index contributed by atoms with van der Waals surface area (Å²) in [6.45, 7) is 0. The zero-order chi connectivity index (χ0) is 13.2. The summed E-state index contributed by atoms with van der Waals surface area (Å²) in [5.41, 5.74) is 0. The molecule has 0 amide bonds. The molecule has 0 aliphatic carbocycles. The Bertz CT molecular complexity index is 635. The van der Waals surface area contributed by atoms with Crippen LogP contribution in [0.1, 0.15) is 0 Å². The summed E-state index contributed by atoms with van der Waals surface area (Å²) in [7, 11) is -2.45. The average molecular weight is 502 g/mol. The largest absolute Gasteiger partial charge is 0.234 e. The van der Waals surface area contributed by atoms with Crippen LogP contribution in [0.25, 0.3) is 0 Å². The molecule has 2 nitrogen and oxygen atoms in total. The van der Waals surface area contributed by atoms with Crippen molar-refractivity contribution in [3.8, 4) is 0 Å². The Morgan fingerprint density at radius 2 is 1.22 bits per heavy atom. The van der Waals surface area contributed by atoms with E-state index in [1.807, 2.05) is 24.3 Å². The molecule has 0 fully saturated rings. The molecule has 0 radical (unpaired) electrons. The summed E-state index contributed by atoms with van der Waals surface area (Å²) < 4.78 is 26.4. The van der Waals surface area contributed by atoms with E-state index in [9.17, 15) is 8.42 Å². The lowest BCUT2D eigenvalue weighted by Gasteiger charge is -2.04. The first-order valence-electron chi connectivity index (χ1n) is 4.93. The van der Waals surface area contributed by atoms with Gasteiger partial charge in [-0.25, -0.2) is 8.42 Å². The molecule has 0 heterocycles. The van der Waals surface area contributed by atoms with Gasteiger partial charge in [0, 0.05) is 22.8 Å². The fraction of sp³-hybridized carbons (Fsp3) is 0. The number of rotatable bonds is 3. The molecule has 0 N–H and O–H groups in total. The van der Waals surface area contributed by atoms with Crippen LogP contribution in [-0.2, 0) is 8.87 Å². The number of hydrogen-bond donors (Lipinski definition) is 0. The molecular formula is C12H8I2O2S2. The van der Waals surface area contributed by atoms with E-state index < -0.39 is 8.87 Å². The lowest BCUT2D eigenvalue weighted by Crippen LogP contribution is -1.94. The Hall–Kier alpha value is 0.200. The highest BCUT2D eigenvalue weighted by atomic mass is 127. The Kier molecular flexibility index (Phi) is 4.95. The molecule has 0 unspecified atom stereocenters. The van der Waals surface area contributed by atoms with Crippen LogP contribution in [0, 0.1) is 7.14 Å². The molecule has 2 aromatic carbocycles. The lowest BCUT2D eigenvalue weighted by molar-refractivity contribution is 0.610. The van der Waals surface area contributed by atoms with Crippen molar-refractivity contribution in [1.82, 2.24) is 0 Å². The number of halogens is 2. The molecular weight excluding hydrogens is 494 g/mol. The smallest absolute Gasteiger partial charge is 0.212 e. The van der Waals surface area contributed by atoms with Crippen molar-refractivity contribution in [2.75, 3.05) is 0 Å². The van der Waals surface area contributed by atoms with E-state index in [1.165, 1.54) is 0 Å². The van der Waals surface area contributed by atoms with Gasteiger partial charge in [0.1, 0.15) is 0 Å². The molecule has 18 heavy (non-hydrogen) atoms. The monoisotopic (exact) mass is 502 g/mol. The Balaban J connectivity index is 2.27. The second-order valence-electron chi connectivity index (χ2n) is 3.45. The van der Waals surface area contributed by atoms with E-state index in [0.29, 0.717) is 4.90 Å². The SMILES string of the molecule is O=S(=O)(Sc1ccc(I)cc1)c1ccc(I)cc1. The molecule has 0 saturated heterocycles. The topological polar surface area (TPSA) is 34.1 Å². The first-order valence-corrected chi connectivity index (χ1v) is 9.90. The fourth-order valence-electron chi connectivity index (χ4n) is 1.27. The normalized spacial score (nSPS) is 11.4. The molecule has 0 aromatic heterocycles. The molecule has 0 aliphatic heterocycles. The first-order chi connectivity index (χ1) is 8.47. The fourth-order valence-corrected chi connectivity index (χ4v) is 4.77. The summed E-state index contributed by atoms with van der Waals surface area (Å²) in [5, 5.41) is 0. The molecule has 0 spiro atoms. The standard InChI is InChI=1S/C12H8I2O2S2/c13-9-1-5-11(6-2-9)17-18(15,16)12-7-3-10(14)4-8-12/h1-8H. The predicted octanol–water partition coefficient (Wildman–Crippen LogP) is 4.38. The summed E-state index contributed by atoms with van der Waals surface area (Å²) in [4.78, 5) is 1.07. The summed E-state index contributed by atoms with van der Waals surface area (Å²) in [5.74, 6) is 0. The molecule has 0 bridgehead atoms. The van der Waals surface area contributed by atoms with Crippen molar-refractivity contribution in [3.05, 3.63) is 55.7 Å². The minimum Gasteiger partial charge on any atom is -0.212 e. The molecule has 2 rings (SSSR count). The van der Waals surface area contributed by atoms with Gasteiger partial charge >= 0.3 is 0 Å². The second-order valence-corrected chi connectivity index (χ2v) is 9.77. The van der Waals surface area contributed by atoms with Gasteiger partial charge in [0.15, 0.2) is 0 Å². The van der Waals surface area contributed by atoms with E-state index in [0.717, 1.165) is 22.8 Å². The van der Waals surface area contributed by atoms with Gasteiger partial charge < -0.3 is 0 Å². The first kappa shape index (κ1) is 14.6. The zero-order valence-corrected chi connectivity index (χ0v) is 15.0. The highest BCUT2D eigenvalue weighted by Crippen LogP contribution is 2.31. The van der Waals surface area contributed by atoms with Gasteiger partial charge in [-0.3, -0.25) is 0 Å². The predicted molar refractivity (Wildman–Crippen MR) is 91.4 cm³/mol. The minimum atomic E-state index is -3.33. The van der Waals surface area contributed by atoms with E-state index in [1.54, 1.807) is 24.3 Å². The van der Waals surface area contributed by atoms with Crippen molar-refractivity contribution in [1.29, 1.82) is 0 Å². The third-order valence-electron chi connectivity index (χ3n) is 2.12. The van der Waals surface area contributed by atoms with Crippen LogP contribution < -0.4 is 0 Å². The highest BCUT2D eigenvalue weighted by molar-refractivity contribution is 14.1. The van der Waals surface area contributed by atoms with Crippen LogP contribution in [0.15, 0.2) is 58.3 Å². The highest BCUT2D eigenvalue weighted by Gasteiger charge is 2.16. The molecule has 2 aromatic rings. The van der Waals surface area contributed by atoms with Crippen LogP contribution in [0.3, 0.4) is 0 Å². The maximum Gasteiger partial charge on any atom is 0.234 e. The van der Waals surface area contributed by atoms with Crippen molar-refractivity contribution >= 4 is 64.8 Å². The maximum atomic E-state index is 12.2. The van der Waals surface area contributed by atoms with Crippen LogP contribution in [0.4, 0.5) is 0 Å². The second kappa shape index (κ2) is 6.10. The van der Waals surface area contributed by atoms with Gasteiger partial charge in [0.2, 0.25) is 8.87 Å². The van der Waals surface area contributed by atoms with Crippen molar-refractivity contribution in [2.24, 2.45) is 0 Å². The van der Waals surface area contributed by atoms with Crippen molar-refractivity contribution < 1.29 is 8.42 Å². The summed E-state index contributed by atoms with van der Waals surface area (Å²) in [6, 6.07) is 14.3. The van der Waals surface area contributed by atoms with Crippen LogP contribution >= 0.6 is 56.0 Å². The van der Waals surface area contributed by atoms with Gasteiger partial charge in [-0.15, -0.1) is 0 Å². The Morgan fingerprint density at radius 3 is 1.72 bits per heavy atom. The maximum absolute atomic E-state index is 12.2. The molecule has 94 valence electrons. The van der Waals surface area contributed by atoms with Crippen molar-refractivity contribution in [3.63, 3.8) is 0 Å². The summed E-state index contributed by atoms with van der Waals surface area (Å²) in [6.07, 6.45) is 0. The lowest BCUT2D eigenvalue weighted by atomic mass is 10.4. The van der Waals surface area contributed by atoms with Gasteiger partial charge in [-0.2, -0.15) is 0 Å². The van der Waals surface area contributed by atoms with Gasteiger partial charge in [0.25, 0.3) is 0 Å². The average Bonchev–Trinajstić information content (AvgIpc) is 2.32. The van der Waals surface area contributed by atoms with Gasteiger partial charge in [0.05, 0.1) is 4.90 Å².